The molecule has 0 bridgehead atoms. The van der Waals surface area contributed by atoms with Gasteiger partial charge in [-0.2, -0.15) is 0 Å². The molecule has 3 aromatic rings. The first-order chi connectivity index (χ1) is 12.8. The Hall–Kier alpha value is -2.81. The number of hydrogen-bond donors (Lipinski definition) is 0. The zero-order chi connectivity index (χ0) is 17.8. The van der Waals surface area contributed by atoms with E-state index in [9.17, 15) is 4.79 Å². The number of likely N-dealkylation sites (tertiary alicyclic amines) is 1. The summed E-state index contributed by atoms with van der Waals surface area (Å²) in [6.45, 7) is 1.66. The molecule has 3 heteroatoms. The van der Waals surface area contributed by atoms with Crippen LogP contribution in [0.1, 0.15) is 24.3 Å². The molecule has 0 aromatic heterocycles. The van der Waals surface area contributed by atoms with Crippen molar-refractivity contribution in [2.45, 2.75) is 18.8 Å². The second-order valence-electron chi connectivity index (χ2n) is 6.75. The molecule has 26 heavy (non-hydrogen) atoms. The smallest absolute Gasteiger partial charge is 0.260 e. The highest BCUT2D eigenvalue weighted by Gasteiger charge is 2.24. The zero-order valence-electron chi connectivity index (χ0n) is 14.7. The predicted octanol–water partition coefficient (Wildman–Crippen LogP) is 4.42. The van der Waals surface area contributed by atoms with Crippen LogP contribution in [-0.4, -0.2) is 30.5 Å². The number of ether oxygens (including phenoxy) is 1. The molecule has 1 fully saturated rings. The van der Waals surface area contributed by atoms with Crippen molar-refractivity contribution in [2.75, 3.05) is 19.7 Å². The van der Waals surface area contributed by atoms with Gasteiger partial charge in [0.1, 0.15) is 5.75 Å². The van der Waals surface area contributed by atoms with Crippen LogP contribution in [0.4, 0.5) is 0 Å². The summed E-state index contributed by atoms with van der Waals surface area (Å²) in [4.78, 5) is 14.5. The fourth-order valence-electron chi connectivity index (χ4n) is 3.67. The molecule has 1 amide bonds. The Bertz CT molecular complexity index is 878. The second kappa shape index (κ2) is 7.61. The number of carbonyl (C=O) groups excluding carboxylic acids is 1. The fraction of sp³-hybridized carbons (Fsp3) is 0.261. The molecule has 3 nitrogen and oxygen atoms in total. The van der Waals surface area contributed by atoms with Gasteiger partial charge in [-0.25, -0.2) is 0 Å². The Morgan fingerprint density at radius 2 is 1.73 bits per heavy atom. The average molecular weight is 344 g/mol. The van der Waals surface area contributed by atoms with Gasteiger partial charge in [0, 0.05) is 24.5 Å². The van der Waals surface area contributed by atoms with E-state index >= 15 is 0 Å². The lowest BCUT2D eigenvalue weighted by Gasteiger charge is -2.32. The van der Waals surface area contributed by atoms with Crippen molar-refractivity contribution in [3.8, 4) is 5.75 Å². The minimum atomic E-state index is 0.0536. The van der Waals surface area contributed by atoms with E-state index in [0.717, 1.165) is 36.7 Å². The molecule has 1 radical (unpaired) electrons. The van der Waals surface area contributed by atoms with Crippen LogP contribution < -0.4 is 4.74 Å². The van der Waals surface area contributed by atoms with Crippen LogP contribution in [0.2, 0.25) is 0 Å². The van der Waals surface area contributed by atoms with Crippen molar-refractivity contribution in [3.05, 3.63) is 78.4 Å². The summed E-state index contributed by atoms with van der Waals surface area (Å²) in [6, 6.07) is 25.5. The standard InChI is InChI=1S/C23H22NO2/c25-23(17-26-22-12-6-10-20-9-4-5-11-21(20)22)24-15-13-19(14-16-24)18-7-2-1-3-8-18/h1-11,19H,13-17H2. The Morgan fingerprint density at radius 1 is 1.00 bits per heavy atom. The summed E-state index contributed by atoms with van der Waals surface area (Å²) in [6.07, 6.45) is 2.02. The van der Waals surface area contributed by atoms with Crippen molar-refractivity contribution >= 4 is 16.7 Å². The number of carbonyl (C=O) groups is 1. The van der Waals surface area contributed by atoms with E-state index in [2.05, 4.69) is 30.3 Å². The maximum absolute atomic E-state index is 12.5. The lowest BCUT2D eigenvalue weighted by Crippen LogP contribution is -2.40. The van der Waals surface area contributed by atoms with Gasteiger partial charge in [-0.05, 0) is 35.8 Å². The molecule has 131 valence electrons. The first-order valence-electron chi connectivity index (χ1n) is 9.16. The van der Waals surface area contributed by atoms with Crippen LogP contribution in [-0.2, 0) is 4.79 Å². The van der Waals surface area contributed by atoms with Crippen molar-refractivity contribution in [2.24, 2.45) is 0 Å². The average Bonchev–Trinajstić information content (AvgIpc) is 2.73. The first kappa shape index (κ1) is 16.6. The molecule has 1 heterocycles. The number of amides is 1. The van der Waals surface area contributed by atoms with E-state index < -0.39 is 0 Å². The topological polar surface area (TPSA) is 29.5 Å². The van der Waals surface area contributed by atoms with Gasteiger partial charge in [0.2, 0.25) is 0 Å². The third-order valence-corrected chi connectivity index (χ3v) is 5.14. The number of piperidine rings is 1. The SMILES string of the molecule is O=C(COc1[c]ccc2ccccc12)N1CCC(c2ccccc2)CC1. The Morgan fingerprint density at radius 3 is 2.54 bits per heavy atom. The Balaban J connectivity index is 1.34. The molecule has 0 atom stereocenters. The van der Waals surface area contributed by atoms with Crippen molar-refractivity contribution in [1.82, 2.24) is 4.90 Å². The molecule has 1 aliphatic rings. The van der Waals surface area contributed by atoms with Crippen LogP contribution in [0.25, 0.3) is 10.8 Å². The Labute approximate surface area is 154 Å². The number of nitrogens with zero attached hydrogens (tertiary/aromatic N) is 1. The number of fused-ring (bicyclic) bond motifs is 1. The minimum Gasteiger partial charge on any atom is -0.482 e. The molecule has 3 aromatic carbocycles. The van der Waals surface area contributed by atoms with Gasteiger partial charge in [-0.1, -0.05) is 60.7 Å². The van der Waals surface area contributed by atoms with Gasteiger partial charge < -0.3 is 9.64 Å². The highest BCUT2D eigenvalue weighted by Crippen LogP contribution is 2.28. The summed E-state index contributed by atoms with van der Waals surface area (Å²) in [7, 11) is 0. The maximum Gasteiger partial charge on any atom is 0.260 e. The van der Waals surface area contributed by atoms with E-state index in [0.29, 0.717) is 11.7 Å². The highest BCUT2D eigenvalue weighted by atomic mass is 16.5. The minimum absolute atomic E-state index is 0.0536. The summed E-state index contributed by atoms with van der Waals surface area (Å²) >= 11 is 0. The molecule has 0 N–H and O–H groups in total. The van der Waals surface area contributed by atoms with Gasteiger partial charge in [0.15, 0.2) is 6.61 Å². The van der Waals surface area contributed by atoms with E-state index in [1.807, 2.05) is 47.4 Å². The largest absolute Gasteiger partial charge is 0.482 e. The van der Waals surface area contributed by atoms with Crippen LogP contribution >= 0.6 is 0 Å². The van der Waals surface area contributed by atoms with Gasteiger partial charge in [0.25, 0.3) is 5.91 Å². The molecular weight excluding hydrogens is 322 g/mol. The van der Waals surface area contributed by atoms with Crippen molar-refractivity contribution in [3.63, 3.8) is 0 Å². The predicted molar refractivity (Wildman–Crippen MR) is 103 cm³/mol. The number of hydrogen-bond acceptors (Lipinski definition) is 2. The van der Waals surface area contributed by atoms with Gasteiger partial charge in [0.05, 0.1) is 0 Å². The Kier molecular flexibility index (Phi) is 4.87. The van der Waals surface area contributed by atoms with Gasteiger partial charge in [-0.3, -0.25) is 4.79 Å². The summed E-state index contributed by atoms with van der Waals surface area (Å²) in [5.74, 6) is 1.25. The number of rotatable bonds is 4. The van der Waals surface area contributed by atoms with Crippen molar-refractivity contribution in [1.29, 1.82) is 0 Å². The lowest BCUT2D eigenvalue weighted by atomic mass is 9.89. The van der Waals surface area contributed by atoms with E-state index in [-0.39, 0.29) is 12.5 Å². The van der Waals surface area contributed by atoms with Gasteiger partial charge >= 0.3 is 0 Å². The van der Waals surface area contributed by atoms with Crippen LogP contribution in [0.3, 0.4) is 0 Å². The van der Waals surface area contributed by atoms with E-state index in [1.54, 1.807) is 0 Å². The van der Waals surface area contributed by atoms with Crippen LogP contribution in [0, 0.1) is 6.07 Å². The van der Waals surface area contributed by atoms with Crippen molar-refractivity contribution < 1.29 is 9.53 Å². The molecule has 1 aliphatic heterocycles. The third-order valence-electron chi connectivity index (χ3n) is 5.14. The van der Waals surface area contributed by atoms with E-state index in [4.69, 9.17) is 4.74 Å². The third kappa shape index (κ3) is 3.57. The summed E-state index contributed by atoms with van der Waals surface area (Å²) in [5.41, 5.74) is 1.38. The van der Waals surface area contributed by atoms with E-state index in [1.165, 1.54) is 5.56 Å². The first-order valence-corrected chi connectivity index (χ1v) is 9.16. The molecular formula is C23H22NO2. The molecule has 0 aliphatic carbocycles. The molecule has 0 saturated carbocycles. The lowest BCUT2D eigenvalue weighted by molar-refractivity contribution is -0.134. The number of benzene rings is 3. The maximum atomic E-state index is 12.5. The molecule has 0 unspecified atom stereocenters. The quantitative estimate of drug-likeness (QED) is 0.701. The van der Waals surface area contributed by atoms with Crippen LogP contribution in [0.5, 0.6) is 5.75 Å². The van der Waals surface area contributed by atoms with Gasteiger partial charge in [-0.15, -0.1) is 0 Å². The summed E-state index contributed by atoms with van der Waals surface area (Å²) in [5, 5.41) is 2.09. The molecule has 0 spiro atoms. The highest BCUT2D eigenvalue weighted by molar-refractivity contribution is 5.88. The zero-order valence-corrected chi connectivity index (χ0v) is 14.7. The summed E-state index contributed by atoms with van der Waals surface area (Å²) < 4.78 is 5.80. The second-order valence-corrected chi connectivity index (χ2v) is 6.75. The van der Waals surface area contributed by atoms with Crippen LogP contribution in [0.15, 0.2) is 66.7 Å². The normalized spacial score (nSPS) is 15.2. The molecule has 1 saturated heterocycles. The monoisotopic (exact) mass is 344 g/mol. The fourth-order valence-corrected chi connectivity index (χ4v) is 3.67. The molecule has 4 rings (SSSR count).